The number of carbonyl (C=O) groups excluding carboxylic acids is 1. The van der Waals surface area contributed by atoms with E-state index in [0.29, 0.717) is 13.1 Å². The van der Waals surface area contributed by atoms with Crippen molar-refractivity contribution in [1.82, 2.24) is 15.6 Å². The number of hydrogen-bond acceptors (Lipinski definition) is 3. The van der Waals surface area contributed by atoms with Crippen LogP contribution >= 0.6 is 11.3 Å². The zero-order valence-electron chi connectivity index (χ0n) is 10.8. The number of nitrogens with zero attached hydrogens (tertiary/aromatic N) is 1. The average Bonchev–Trinajstić information content (AvgIpc) is 2.92. The van der Waals surface area contributed by atoms with Gasteiger partial charge in [-0.25, -0.2) is 9.78 Å². The fourth-order valence-electron chi connectivity index (χ4n) is 1.59. The second-order valence-electron chi connectivity index (χ2n) is 4.10. The van der Waals surface area contributed by atoms with Gasteiger partial charge in [-0.05, 0) is 12.0 Å². The summed E-state index contributed by atoms with van der Waals surface area (Å²) in [6.45, 7) is 3.10. The SMILES string of the molecule is CCc1cnc(CNC(=O)NCc2ccccc2)s1. The van der Waals surface area contributed by atoms with Gasteiger partial charge in [0.25, 0.3) is 0 Å². The van der Waals surface area contributed by atoms with Gasteiger partial charge in [0.05, 0.1) is 6.54 Å². The van der Waals surface area contributed by atoms with Crippen molar-refractivity contribution in [3.63, 3.8) is 0 Å². The van der Waals surface area contributed by atoms with Crippen molar-refractivity contribution in [1.29, 1.82) is 0 Å². The Morgan fingerprint density at radius 3 is 2.63 bits per heavy atom. The van der Waals surface area contributed by atoms with Crippen LogP contribution in [0, 0.1) is 0 Å². The minimum atomic E-state index is -0.169. The van der Waals surface area contributed by atoms with Crippen LogP contribution in [0.4, 0.5) is 4.79 Å². The number of aryl methyl sites for hydroxylation is 1. The molecule has 0 fully saturated rings. The fraction of sp³-hybridized carbons (Fsp3) is 0.286. The van der Waals surface area contributed by atoms with E-state index in [1.54, 1.807) is 11.3 Å². The van der Waals surface area contributed by atoms with Crippen molar-refractivity contribution in [3.05, 3.63) is 52.0 Å². The van der Waals surface area contributed by atoms with Crippen molar-refractivity contribution in [2.24, 2.45) is 0 Å². The first-order chi connectivity index (χ1) is 9.28. The van der Waals surface area contributed by atoms with Crippen molar-refractivity contribution < 1.29 is 4.79 Å². The van der Waals surface area contributed by atoms with Crippen molar-refractivity contribution in [3.8, 4) is 0 Å². The lowest BCUT2D eigenvalue weighted by Crippen LogP contribution is -2.34. The molecule has 0 unspecified atom stereocenters. The lowest BCUT2D eigenvalue weighted by Gasteiger charge is -2.06. The molecule has 0 saturated carbocycles. The molecule has 2 amide bonds. The highest BCUT2D eigenvalue weighted by Crippen LogP contribution is 2.12. The molecule has 2 rings (SSSR count). The molecule has 0 saturated heterocycles. The zero-order chi connectivity index (χ0) is 13.5. The third-order valence-electron chi connectivity index (χ3n) is 2.65. The van der Waals surface area contributed by atoms with E-state index in [1.165, 1.54) is 4.88 Å². The first-order valence-corrected chi connectivity index (χ1v) is 7.08. The molecule has 5 heteroatoms. The van der Waals surface area contributed by atoms with Crippen LogP contribution in [0.15, 0.2) is 36.5 Å². The van der Waals surface area contributed by atoms with E-state index in [4.69, 9.17) is 0 Å². The standard InChI is InChI=1S/C14H17N3OS/c1-2-12-9-15-13(19-12)10-17-14(18)16-8-11-6-4-3-5-7-11/h3-7,9H,2,8,10H2,1H3,(H2,16,17,18). The summed E-state index contributed by atoms with van der Waals surface area (Å²) in [6, 6.07) is 9.66. The number of carbonyl (C=O) groups is 1. The van der Waals surface area contributed by atoms with Crippen LogP contribution in [0.2, 0.25) is 0 Å². The minimum absolute atomic E-state index is 0.169. The minimum Gasteiger partial charge on any atom is -0.334 e. The van der Waals surface area contributed by atoms with E-state index in [-0.39, 0.29) is 6.03 Å². The van der Waals surface area contributed by atoms with Crippen molar-refractivity contribution in [2.75, 3.05) is 0 Å². The van der Waals surface area contributed by atoms with E-state index in [1.807, 2.05) is 36.5 Å². The monoisotopic (exact) mass is 275 g/mol. The number of benzene rings is 1. The molecule has 2 N–H and O–H groups in total. The second-order valence-corrected chi connectivity index (χ2v) is 5.30. The van der Waals surface area contributed by atoms with Gasteiger partial charge < -0.3 is 10.6 Å². The molecule has 0 aliphatic carbocycles. The fourth-order valence-corrected chi connectivity index (χ4v) is 2.39. The molecular weight excluding hydrogens is 258 g/mol. The average molecular weight is 275 g/mol. The summed E-state index contributed by atoms with van der Waals surface area (Å²) in [5.74, 6) is 0. The summed E-state index contributed by atoms with van der Waals surface area (Å²) in [7, 11) is 0. The Morgan fingerprint density at radius 1 is 1.21 bits per heavy atom. The third-order valence-corrected chi connectivity index (χ3v) is 3.79. The Morgan fingerprint density at radius 2 is 1.95 bits per heavy atom. The van der Waals surface area contributed by atoms with Crippen LogP contribution < -0.4 is 10.6 Å². The van der Waals surface area contributed by atoms with Gasteiger partial charge in [0.1, 0.15) is 5.01 Å². The Kier molecular flexibility index (Phi) is 4.92. The summed E-state index contributed by atoms with van der Waals surface area (Å²) >= 11 is 1.64. The molecule has 19 heavy (non-hydrogen) atoms. The van der Waals surface area contributed by atoms with Gasteiger partial charge >= 0.3 is 6.03 Å². The molecule has 4 nitrogen and oxygen atoms in total. The first kappa shape index (κ1) is 13.5. The number of amides is 2. The number of rotatable bonds is 5. The Bertz CT molecular complexity index is 524. The van der Waals surface area contributed by atoms with Gasteiger partial charge in [0.2, 0.25) is 0 Å². The molecule has 1 aromatic carbocycles. The largest absolute Gasteiger partial charge is 0.334 e. The van der Waals surface area contributed by atoms with Gasteiger partial charge in [-0.1, -0.05) is 37.3 Å². The predicted molar refractivity (Wildman–Crippen MR) is 77.0 cm³/mol. The van der Waals surface area contributed by atoms with Crippen molar-refractivity contribution >= 4 is 17.4 Å². The molecule has 1 heterocycles. The van der Waals surface area contributed by atoms with Crippen LogP contribution in [0.3, 0.4) is 0 Å². The first-order valence-electron chi connectivity index (χ1n) is 6.27. The lowest BCUT2D eigenvalue weighted by molar-refractivity contribution is 0.240. The Balaban J connectivity index is 1.73. The molecule has 0 spiro atoms. The normalized spacial score (nSPS) is 10.2. The summed E-state index contributed by atoms with van der Waals surface area (Å²) in [4.78, 5) is 17.1. The van der Waals surface area contributed by atoms with Crippen molar-refractivity contribution in [2.45, 2.75) is 26.4 Å². The van der Waals surface area contributed by atoms with E-state index >= 15 is 0 Å². The Labute approximate surface area is 116 Å². The third kappa shape index (κ3) is 4.37. The summed E-state index contributed by atoms with van der Waals surface area (Å²) in [5.41, 5.74) is 1.08. The van der Waals surface area contributed by atoms with Gasteiger partial charge in [0, 0.05) is 17.6 Å². The topological polar surface area (TPSA) is 54.0 Å². The van der Waals surface area contributed by atoms with E-state index < -0.39 is 0 Å². The maximum Gasteiger partial charge on any atom is 0.315 e. The summed E-state index contributed by atoms with van der Waals surface area (Å²) in [5, 5.41) is 6.56. The quantitative estimate of drug-likeness (QED) is 0.881. The second kappa shape index (κ2) is 6.89. The number of thiazole rings is 1. The molecule has 100 valence electrons. The maximum absolute atomic E-state index is 11.6. The predicted octanol–water partition coefficient (Wildman–Crippen LogP) is 2.70. The van der Waals surface area contributed by atoms with Crippen LogP contribution in [0.25, 0.3) is 0 Å². The molecule has 0 aliphatic heterocycles. The van der Waals surface area contributed by atoms with E-state index in [9.17, 15) is 4.79 Å². The molecule has 2 aromatic rings. The summed E-state index contributed by atoms with van der Waals surface area (Å²) in [6.07, 6.45) is 2.85. The molecular formula is C14H17N3OS. The highest BCUT2D eigenvalue weighted by atomic mass is 32.1. The van der Waals surface area contributed by atoms with Crippen LogP contribution in [-0.2, 0) is 19.5 Å². The van der Waals surface area contributed by atoms with Crippen LogP contribution in [0.5, 0.6) is 0 Å². The van der Waals surface area contributed by atoms with Gasteiger partial charge in [-0.2, -0.15) is 0 Å². The smallest absolute Gasteiger partial charge is 0.315 e. The van der Waals surface area contributed by atoms with Gasteiger partial charge in [0.15, 0.2) is 0 Å². The number of hydrogen-bond donors (Lipinski definition) is 2. The molecule has 0 aliphatic rings. The highest BCUT2D eigenvalue weighted by Gasteiger charge is 2.03. The number of nitrogens with one attached hydrogen (secondary N) is 2. The maximum atomic E-state index is 11.6. The number of aromatic nitrogens is 1. The molecule has 0 bridgehead atoms. The highest BCUT2D eigenvalue weighted by molar-refractivity contribution is 7.11. The van der Waals surface area contributed by atoms with Crippen LogP contribution in [-0.4, -0.2) is 11.0 Å². The van der Waals surface area contributed by atoms with E-state index in [0.717, 1.165) is 17.0 Å². The zero-order valence-corrected chi connectivity index (χ0v) is 11.7. The number of urea groups is 1. The molecule has 0 radical (unpaired) electrons. The van der Waals surface area contributed by atoms with Gasteiger partial charge in [-0.3, -0.25) is 0 Å². The lowest BCUT2D eigenvalue weighted by atomic mass is 10.2. The summed E-state index contributed by atoms with van der Waals surface area (Å²) < 4.78 is 0. The molecule has 0 atom stereocenters. The van der Waals surface area contributed by atoms with Crippen LogP contribution in [0.1, 0.15) is 22.4 Å². The Hall–Kier alpha value is -1.88. The molecule has 1 aromatic heterocycles. The van der Waals surface area contributed by atoms with Gasteiger partial charge in [-0.15, -0.1) is 11.3 Å². The van der Waals surface area contributed by atoms with E-state index in [2.05, 4.69) is 22.5 Å².